The van der Waals surface area contributed by atoms with Crippen LogP contribution >= 0.6 is 11.8 Å². The Hall–Kier alpha value is -0.940. The lowest BCUT2D eigenvalue weighted by atomic mass is 10.3. The lowest BCUT2D eigenvalue weighted by Gasteiger charge is -2.06. The van der Waals surface area contributed by atoms with Crippen LogP contribution in [0, 0.1) is 6.92 Å². The molecule has 2 N–H and O–H groups in total. The Morgan fingerprint density at radius 2 is 2.40 bits per heavy atom. The van der Waals surface area contributed by atoms with E-state index < -0.39 is 12.1 Å². The Balaban J connectivity index is 2.22. The number of carboxylic acids is 1. The van der Waals surface area contributed by atoms with Gasteiger partial charge in [-0.1, -0.05) is 0 Å². The van der Waals surface area contributed by atoms with E-state index in [1.807, 2.05) is 13.0 Å². The van der Waals surface area contributed by atoms with Crippen LogP contribution in [0.5, 0.6) is 0 Å². The van der Waals surface area contributed by atoms with Crippen LogP contribution in [-0.2, 0) is 10.5 Å². The molecule has 0 amide bonds. The summed E-state index contributed by atoms with van der Waals surface area (Å²) >= 11 is 1.47. The summed E-state index contributed by atoms with van der Waals surface area (Å²) in [7, 11) is 0. The van der Waals surface area contributed by atoms with Crippen molar-refractivity contribution in [1.82, 2.24) is 0 Å². The Bertz CT molecular complexity index is 321. The normalized spacial score (nSPS) is 12.7. The van der Waals surface area contributed by atoms with E-state index in [0.29, 0.717) is 11.5 Å². The molecule has 0 radical (unpaired) electrons. The van der Waals surface area contributed by atoms with Crippen molar-refractivity contribution in [2.24, 2.45) is 0 Å². The molecule has 0 aliphatic carbocycles. The summed E-state index contributed by atoms with van der Waals surface area (Å²) in [5.41, 5.74) is 1.08. The molecule has 4 nitrogen and oxygen atoms in total. The topological polar surface area (TPSA) is 70.7 Å². The minimum atomic E-state index is -0.975. The average Bonchev–Trinajstić information content (AvgIpc) is 2.50. The molecule has 1 unspecified atom stereocenters. The largest absolute Gasteiger partial charge is 0.481 e. The second-order valence-corrected chi connectivity index (χ2v) is 4.32. The van der Waals surface area contributed by atoms with Crippen molar-refractivity contribution in [3.63, 3.8) is 0 Å². The molecular weight excluding hydrogens is 216 g/mol. The predicted octanol–water partition coefficient (Wildman–Crippen LogP) is 1.66. The van der Waals surface area contributed by atoms with E-state index in [4.69, 9.17) is 9.52 Å². The third-order valence-electron chi connectivity index (χ3n) is 1.92. The van der Waals surface area contributed by atoms with Crippen molar-refractivity contribution in [3.8, 4) is 0 Å². The van der Waals surface area contributed by atoms with Gasteiger partial charge in [-0.3, -0.25) is 4.79 Å². The molecule has 1 atom stereocenters. The van der Waals surface area contributed by atoms with Crippen molar-refractivity contribution in [2.45, 2.75) is 25.2 Å². The second kappa shape index (κ2) is 5.82. The minimum absolute atomic E-state index is 0.204. The van der Waals surface area contributed by atoms with Gasteiger partial charge in [0, 0.05) is 5.75 Å². The maximum absolute atomic E-state index is 10.3. The van der Waals surface area contributed by atoms with Crippen LogP contribution in [0.2, 0.25) is 0 Å². The number of furan rings is 1. The summed E-state index contributed by atoms with van der Waals surface area (Å²) < 4.78 is 5.21. The summed E-state index contributed by atoms with van der Waals surface area (Å²) in [5, 5.41) is 17.7. The highest BCUT2D eigenvalue weighted by Crippen LogP contribution is 2.18. The Morgan fingerprint density at radius 1 is 1.67 bits per heavy atom. The van der Waals surface area contributed by atoms with Crippen LogP contribution in [0.3, 0.4) is 0 Å². The number of carboxylic acid groups (broad SMARTS) is 1. The van der Waals surface area contributed by atoms with Crippen LogP contribution in [-0.4, -0.2) is 28.0 Å². The van der Waals surface area contributed by atoms with E-state index in [0.717, 1.165) is 11.3 Å². The average molecular weight is 230 g/mol. The fraction of sp³-hybridized carbons (Fsp3) is 0.500. The molecule has 1 heterocycles. The molecular formula is C10H14O4S. The predicted molar refractivity (Wildman–Crippen MR) is 57.9 cm³/mol. The van der Waals surface area contributed by atoms with E-state index in [-0.39, 0.29) is 6.42 Å². The SMILES string of the molecule is Cc1ccoc1CSCC(O)CC(=O)O. The zero-order valence-electron chi connectivity index (χ0n) is 8.47. The van der Waals surface area contributed by atoms with Gasteiger partial charge in [0.1, 0.15) is 5.76 Å². The molecule has 0 aliphatic rings. The van der Waals surface area contributed by atoms with Gasteiger partial charge in [-0.2, -0.15) is 11.8 Å². The van der Waals surface area contributed by atoms with Gasteiger partial charge in [0.2, 0.25) is 0 Å². The quantitative estimate of drug-likeness (QED) is 0.777. The van der Waals surface area contributed by atoms with Crippen molar-refractivity contribution >= 4 is 17.7 Å². The maximum Gasteiger partial charge on any atom is 0.306 e. The number of carbonyl (C=O) groups is 1. The molecule has 1 aromatic rings. The number of thioether (sulfide) groups is 1. The smallest absolute Gasteiger partial charge is 0.306 e. The molecule has 0 aliphatic heterocycles. The highest BCUT2D eigenvalue weighted by Gasteiger charge is 2.10. The standard InChI is InChI=1S/C10H14O4S/c1-7-2-3-14-9(7)6-15-5-8(11)4-10(12)13/h2-3,8,11H,4-6H2,1H3,(H,12,13). The highest BCUT2D eigenvalue weighted by molar-refractivity contribution is 7.98. The number of aliphatic hydroxyl groups excluding tert-OH is 1. The van der Waals surface area contributed by atoms with Gasteiger partial charge in [0.25, 0.3) is 0 Å². The Kier molecular flexibility index (Phi) is 4.71. The third kappa shape index (κ3) is 4.40. The van der Waals surface area contributed by atoms with Gasteiger partial charge in [-0.05, 0) is 18.6 Å². The van der Waals surface area contributed by atoms with Crippen LogP contribution in [0.25, 0.3) is 0 Å². The number of rotatable bonds is 6. The summed E-state index contributed by atoms with van der Waals surface area (Å²) in [5.74, 6) is 0.974. The third-order valence-corrected chi connectivity index (χ3v) is 3.01. The highest BCUT2D eigenvalue weighted by atomic mass is 32.2. The first kappa shape index (κ1) is 12.1. The summed E-state index contributed by atoms with van der Waals surface area (Å²) in [6.45, 7) is 1.95. The first-order valence-electron chi connectivity index (χ1n) is 4.60. The van der Waals surface area contributed by atoms with Crippen molar-refractivity contribution in [3.05, 3.63) is 23.7 Å². The first-order chi connectivity index (χ1) is 7.09. The van der Waals surface area contributed by atoms with E-state index in [2.05, 4.69) is 0 Å². The molecule has 84 valence electrons. The van der Waals surface area contributed by atoms with Crippen LogP contribution < -0.4 is 0 Å². The fourth-order valence-corrected chi connectivity index (χ4v) is 2.09. The zero-order chi connectivity index (χ0) is 11.3. The molecule has 15 heavy (non-hydrogen) atoms. The second-order valence-electron chi connectivity index (χ2n) is 3.29. The summed E-state index contributed by atoms with van der Waals surface area (Å²) in [6.07, 6.45) is 0.631. The maximum atomic E-state index is 10.3. The van der Waals surface area contributed by atoms with Gasteiger partial charge < -0.3 is 14.6 Å². The van der Waals surface area contributed by atoms with Gasteiger partial charge in [-0.15, -0.1) is 0 Å². The monoisotopic (exact) mass is 230 g/mol. The van der Waals surface area contributed by atoms with Gasteiger partial charge in [0.15, 0.2) is 0 Å². The number of aliphatic carboxylic acids is 1. The molecule has 0 fully saturated rings. The molecule has 1 rings (SSSR count). The molecule has 1 aromatic heterocycles. The number of hydrogen-bond donors (Lipinski definition) is 2. The molecule has 0 saturated heterocycles. The molecule has 5 heteroatoms. The van der Waals surface area contributed by atoms with E-state index in [1.54, 1.807) is 6.26 Å². The van der Waals surface area contributed by atoms with Crippen LogP contribution in [0.15, 0.2) is 16.7 Å². The Morgan fingerprint density at radius 3 is 2.93 bits per heavy atom. The van der Waals surface area contributed by atoms with E-state index >= 15 is 0 Å². The van der Waals surface area contributed by atoms with Crippen molar-refractivity contribution < 1.29 is 19.4 Å². The zero-order valence-corrected chi connectivity index (χ0v) is 9.29. The number of aryl methyl sites for hydroxylation is 1. The molecule has 0 aromatic carbocycles. The van der Waals surface area contributed by atoms with Crippen molar-refractivity contribution in [2.75, 3.05) is 5.75 Å². The Labute approximate surface area is 92.3 Å². The minimum Gasteiger partial charge on any atom is -0.481 e. The van der Waals surface area contributed by atoms with Crippen LogP contribution in [0.4, 0.5) is 0 Å². The summed E-state index contributed by atoms with van der Waals surface area (Å²) in [4.78, 5) is 10.3. The number of aliphatic hydroxyl groups is 1. The van der Waals surface area contributed by atoms with Gasteiger partial charge in [0.05, 0.1) is 24.5 Å². The van der Waals surface area contributed by atoms with Crippen LogP contribution in [0.1, 0.15) is 17.7 Å². The fourth-order valence-electron chi connectivity index (χ4n) is 1.10. The van der Waals surface area contributed by atoms with E-state index in [9.17, 15) is 9.90 Å². The lowest BCUT2D eigenvalue weighted by Crippen LogP contribution is -2.15. The molecule has 0 saturated carbocycles. The van der Waals surface area contributed by atoms with Gasteiger partial charge >= 0.3 is 5.97 Å². The summed E-state index contributed by atoms with van der Waals surface area (Å²) in [6, 6.07) is 1.88. The molecule has 0 spiro atoms. The lowest BCUT2D eigenvalue weighted by molar-refractivity contribution is -0.138. The van der Waals surface area contributed by atoms with Gasteiger partial charge in [-0.25, -0.2) is 0 Å². The van der Waals surface area contributed by atoms with Crippen molar-refractivity contribution in [1.29, 1.82) is 0 Å². The number of hydrogen-bond acceptors (Lipinski definition) is 4. The first-order valence-corrected chi connectivity index (χ1v) is 5.75. The van der Waals surface area contributed by atoms with E-state index in [1.165, 1.54) is 11.8 Å². The molecule has 0 bridgehead atoms.